The van der Waals surface area contributed by atoms with Crippen LogP contribution in [-0.4, -0.2) is 20.0 Å². The standard InChI is InChI=1S/C14H21N3O2S2/c1-10-5-13(20-11(10)2)8-16-21(18,19)14-6-12(7-15-3)17(4)9-14/h5-6,9,15-16H,7-8H2,1-4H3. The molecule has 0 radical (unpaired) electrons. The molecule has 7 heteroatoms. The Labute approximate surface area is 130 Å². The van der Waals surface area contributed by atoms with Crippen LogP contribution in [0.4, 0.5) is 0 Å². The maximum Gasteiger partial charge on any atom is 0.242 e. The molecule has 0 aliphatic carbocycles. The van der Waals surface area contributed by atoms with Gasteiger partial charge < -0.3 is 9.88 Å². The van der Waals surface area contributed by atoms with Gasteiger partial charge in [0.05, 0.1) is 4.90 Å². The SMILES string of the molecule is CNCc1cc(S(=O)(=O)NCc2cc(C)c(C)s2)cn1C. The Morgan fingerprint density at radius 2 is 1.95 bits per heavy atom. The highest BCUT2D eigenvalue weighted by atomic mass is 32.2. The first kappa shape index (κ1) is 16.2. The lowest BCUT2D eigenvalue weighted by molar-refractivity contribution is 0.581. The van der Waals surface area contributed by atoms with Crippen molar-refractivity contribution in [1.29, 1.82) is 0 Å². The summed E-state index contributed by atoms with van der Waals surface area (Å²) in [6.07, 6.45) is 1.64. The minimum absolute atomic E-state index is 0.306. The smallest absolute Gasteiger partial charge is 0.242 e. The second-order valence-electron chi connectivity index (χ2n) is 5.08. The van der Waals surface area contributed by atoms with Gasteiger partial charge in [0.15, 0.2) is 0 Å². The van der Waals surface area contributed by atoms with Crippen molar-refractivity contribution < 1.29 is 8.42 Å². The Bertz CT molecular complexity index is 710. The predicted octanol–water partition coefficient (Wildman–Crippen LogP) is 1.90. The zero-order valence-corrected chi connectivity index (χ0v) is 14.4. The van der Waals surface area contributed by atoms with Crippen LogP contribution >= 0.6 is 11.3 Å². The topological polar surface area (TPSA) is 63.1 Å². The lowest BCUT2D eigenvalue weighted by Gasteiger charge is -2.02. The molecule has 0 aromatic carbocycles. The Morgan fingerprint density at radius 3 is 2.52 bits per heavy atom. The van der Waals surface area contributed by atoms with Gasteiger partial charge in [-0.1, -0.05) is 0 Å². The molecule has 0 saturated heterocycles. The van der Waals surface area contributed by atoms with Crippen molar-refractivity contribution in [3.63, 3.8) is 0 Å². The Hall–Kier alpha value is -1.15. The number of nitrogens with zero attached hydrogens (tertiary/aromatic N) is 1. The van der Waals surface area contributed by atoms with E-state index in [9.17, 15) is 8.42 Å². The zero-order chi connectivity index (χ0) is 15.6. The van der Waals surface area contributed by atoms with E-state index < -0.39 is 10.0 Å². The number of hydrogen-bond donors (Lipinski definition) is 2. The van der Waals surface area contributed by atoms with Crippen molar-refractivity contribution in [2.45, 2.75) is 31.8 Å². The van der Waals surface area contributed by atoms with Gasteiger partial charge in [-0.05, 0) is 38.6 Å². The highest BCUT2D eigenvalue weighted by Gasteiger charge is 2.17. The minimum Gasteiger partial charge on any atom is -0.352 e. The molecule has 0 spiro atoms. The molecule has 0 saturated carbocycles. The van der Waals surface area contributed by atoms with E-state index in [1.165, 1.54) is 10.4 Å². The van der Waals surface area contributed by atoms with Crippen LogP contribution in [0.3, 0.4) is 0 Å². The van der Waals surface area contributed by atoms with E-state index in [4.69, 9.17) is 0 Å². The van der Waals surface area contributed by atoms with Crippen LogP contribution in [-0.2, 0) is 30.2 Å². The van der Waals surface area contributed by atoms with Crippen molar-refractivity contribution >= 4 is 21.4 Å². The normalized spacial score (nSPS) is 12.0. The molecule has 0 fully saturated rings. The van der Waals surface area contributed by atoms with Gasteiger partial charge in [-0.3, -0.25) is 0 Å². The van der Waals surface area contributed by atoms with Gasteiger partial charge in [0.1, 0.15) is 0 Å². The molecular weight excluding hydrogens is 306 g/mol. The summed E-state index contributed by atoms with van der Waals surface area (Å²) in [7, 11) is 0.205. The molecule has 0 bridgehead atoms. The Morgan fingerprint density at radius 1 is 1.24 bits per heavy atom. The van der Waals surface area contributed by atoms with Crippen LogP contribution in [0.1, 0.15) is 21.0 Å². The molecule has 0 unspecified atom stereocenters. The third-order valence-corrected chi connectivity index (χ3v) is 5.93. The highest BCUT2D eigenvalue weighted by Crippen LogP contribution is 2.21. The molecule has 2 N–H and O–H groups in total. The molecule has 2 rings (SSSR count). The van der Waals surface area contributed by atoms with E-state index in [0.717, 1.165) is 10.6 Å². The number of nitrogens with one attached hydrogen (secondary N) is 2. The largest absolute Gasteiger partial charge is 0.352 e. The van der Waals surface area contributed by atoms with Gasteiger partial charge in [0.2, 0.25) is 10.0 Å². The van der Waals surface area contributed by atoms with Crippen LogP contribution in [0.2, 0.25) is 0 Å². The van der Waals surface area contributed by atoms with Crippen LogP contribution in [0.25, 0.3) is 0 Å². The van der Waals surface area contributed by atoms with Crippen molar-refractivity contribution in [1.82, 2.24) is 14.6 Å². The average Bonchev–Trinajstić information content (AvgIpc) is 2.93. The van der Waals surface area contributed by atoms with Gasteiger partial charge in [0.25, 0.3) is 0 Å². The van der Waals surface area contributed by atoms with Crippen molar-refractivity contribution in [3.8, 4) is 0 Å². The predicted molar refractivity (Wildman–Crippen MR) is 86.0 cm³/mol. The zero-order valence-electron chi connectivity index (χ0n) is 12.7. The number of sulfonamides is 1. The third-order valence-electron chi connectivity index (χ3n) is 3.40. The van der Waals surface area contributed by atoms with Gasteiger partial charge in [0, 0.05) is 41.8 Å². The fourth-order valence-corrected chi connectivity index (χ4v) is 4.25. The lowest BCUT2D eigenvalue weighted by Crippen LogP contribution is -2.22. The van der Waals surface area contributed by atoms with Crippen LogP contribution in [0.5, 0.6) is 0 Å². The van der Waals surface area contributed by atoms with Gasteiger partial charge in [-0.2, -0.15) is 0 Å². The van der Waals surface area contributed by atoms with Crippen LogP contribution < -0.4 is 10.0 Å². The van der Waals surface area contributed by atoms with Gasteiger partial charge in [-0.25, -0.2) is 13.1 Å². The van der Waals surface area contributed by atoms with E-state index in [2.05, 4.69) is 10.0 Å². The summed E-state index contributed by atoms with van der Waals surface area (Å²) in [6, 6.07) is 3.73. The van der Waals surface area contributed by atoms with Gasteiger partial charge in [-0.15, -0.1) is 11.3 Å². The van der Waals surface area contributed by atoms with Crippen LogP contribution in [0, 0.1) is 13.8 Å². The second kappa shape index (κ2) is 6.31. The summed E-state index contributed by atoms with van der Waals surface area (Å²) in [6.45, 7) is 5.04. The molecule has 0 aliphatic heterocycles. The molecule has 0 amide bonds. The maximum atomic E-state index is 12.3. The van der Waals surface area contributed by atoms with E-state index >= 15 is 0 Å². The van der Waals surface area contributed by atoms with E-state index in [1.54, 1.807) is 23.6 Å². The number of rotatable bonds is 6. The molecule has 2 heterocycles. The molecule has 0 aliphatic rings. The third kappa shape index (κ3) is 3.74. The fourth-order valence-electron chi connectivity index (χ4n) is 2.07. The summed E-state index contributed by atoms with van der Waals surface area (Å²) >= 11 is 1.62. The van der Waals surface area contributed by atoms with Crippen LogP contribution in [0.15, 0.2) is 23.2 Å². The molecule has 21 heavy (non-hydrogen) atoms. The van der Waals surface area contributed by atoms with Crippen molar-refractivity contribution in [3.05, 3.63) is 39.3 Å². The fraction of sp³-hybridized carbons (Fsp3) is 0.429. The molecule has 2 aromatic rings. The van der Waals surface area contributed by atoms with Crippen molar-refractivity contribution in [2.24, 2.45) is 7.05 Å². The summed E-state index contributed by atoms with van der Waals surface area (Å²) in [5.41, 5.74) is 2.13. The Kier molecular flexibility index (Phi) is 4.88. The number of hydrogen-bond acceptors (Lipinski definition) is 4. The second-order valence-corrected chi connectivity index (χ2v) is 8.19. The quantitative estimate of drug-likeness (QED) is 0.852. The minimum atomic E-state index is -3.47. The van der Waals surface area contributed by atoms with Crippen molar-refractivity contribution in [2.75, 3.05) is 7.05 Å². The molecule has 0 atom stereocenters. The lowest BCUT2D eigenvalue weighted by atomic mass is 10.3. The molecule has 5 nitrogen and oxygen atoms in total. The molecule has 2 aromatic heterocycles. The van der Waals surface area contributed by atoms with Gasteiger partial charge >= 0.3 is 0 Å². The summed E-state index contributed by atoms with van der Waals surface area (Å²) < 4.78 is 29.1. The molecular formula is C14H21N3O2S2. The summed E-state index contributed by atoms with van der Waals surface area (Å²) in [5.74, 6) is 0. The summed E-state index contributed by atoms with van der Waals surface area (Å²) in [5, 5.41) is 3.02. The van der Waals surface area contributed by atoms with E-state index in [0.29, 0.717) is 18.0 Å². The van der Waals surface area contributed by atoms with E-state index in [-0.39, 0.29) is 0 Å². The molecule has 116 valence electrons. The highest BCUT2D eigenvalue weighted by molar-refractivity contribution is 7.89. The maximum absolute atomic E-state index is 12.3. The first-order valence-electron chi connectivity index (χ1n) is 6.69. The van der Waals surface area contributed by atoms with E-state index in [1.807, 2.05) is 38.6 Å². The first-order chi connectivity index (χ1) is 9.83. The number of aryl methyl sites for hydroxylation is 3. The average molecular weight is 327 g/mol. The first-order valence-corrected chi connectivity index (χ1v) is 8.99. The number of aromatic nitrogens is 1. The monoisotopic (exact) mass is 327 g/mol. The number of thiophene rings is 1. The summed E-state index contributed by atoms with van der Waals surface area (Å²) in [4.78, 5) is 2.56. The Balaban J connectivity index is 2.12.